The van der Waals surface area contributed by atoms with Crippen LogP contribution in [0.15, 0.2) is 6.20 Å². The molecule has 0 aliphatic carbocycles. The lowest BCUT2D eigenvalue weighted by Gasteiger charge is -2.09. The van der Waals surface area contributed by atoms with Crippen molar-refractivity contribution in [3.8, 4) is 0 Å². The number of carbonyl (C=O) groups is 1. The number of hydrogen-bond acceptors (Lipinski definition) is 4. The van der Waals surface area contributed by atoms with Crippen LogP contribution in [0.4, 0.5) is 13.9 Å². The molecule has 18 heavy (non-hydrogen) atoms. The second-order valence-corrected chi connectivity index (χ2v) is 5.77. The zero-order chi connectivity index (χ0) is 13.3. The number of carbonyl (C=O) groups excluding carboxylic acids is 1. The normalized spacial score (nSPS) is 22.4. The zero-order valence-electron chi connectivity index (χ0n) is 10.2. The summed E-state index contributed by atoms with van der Waals surface area (Å²) in [7, 11) is 0. The number of hydrogen-bond donors (Lipinski definition) is 2. The van der Waals surface area contributed by atoms with Crippen LogP contribution >= 0.6 is 11.3 Å². The molecule has 0 radical (unpaired) electrons. The lowest BCUT2D eigenvalue weighted by atomic mass is 10.2. The highest BCUT2D eigenvalue weighted by molar-refractivity contribution is 7.15. The molecule has 2 rings (SSSR count). The largest absolute Gasteiger partial charge is 0.301 e. The lowest BCUT2D eigenvalue weighted by molar-refractivity contribution is -0.118. The Kier molecular flexibility index (Phi) is 3.63. The van der Waals surface area contributed by atoms with Gasteiger partial charge in [-0.3, -0.25) is 10.1 Å². The fourth-order valence-corrected chi connectivity index (χ4v) is 2.53. The maximum atomic E-state index is 12.9. The standard InChI is InChI=1S/C11H15F2N3OS/c1-6(2)8-4-14-10(18-8)16-9(17)7-3-11(12,13)5-15-7/h4,6-7,15H,3,5H2,1-2H3,(H,14,16,17). The summed E-state index contributed by atoms with van der Waals surface area (Å²) in [5, 5.41) is 5.54. The molecule has 7 heteroatoms. The fourth-order valence-electron chi connectivity index (χ4n) is 1.70. The highest BCUT2D eigenvalue weighted by atomic mass is 32.1. The Morgan fingerprint density at radius 1 is 1.67 bits per heavy atom. The van der Waals surface area contributed by atoms with Crippen LogP contribution in [0, 0.1) is 0 Å². The zero-order valence-corrected chi connectivity index (χ0v) is 11.0. The minimum Gasteiger partial charge on any atom is -0.301 e. The number of thiazole rings is 1. The maximum absolute atomic E-state index is 12.9. The Morgan fingerprint density at radius 3 is 2.89 bits per heavy atom. The Balaban J connectivity index is 1.95. The van der Waals surface area contributed by atoms with Gasteiger partial charge < -0.3 is 5.32 Å². The van der Waals surface area contributed by atoms with E-state index in [0.717, 1.165) is 4.88 Å². The average molecular weight is 275 g/mol. The summed E-state index contributed by atoms with van der Waals surface area (Å²) in [6.45, 7) is 3.61. The van der Waals surface area contributed by atoms with E-state index in [0.29, 0.717) is 11.0 Å². The van der Waals surface area contributed by atoms with Crippen LogP contribution in [-0.4, -0.2) is 29.4 Å². The molecule has 0 aromatic carbocycles. The molecule has 1 fully saturated rings. The quantitative estimate of drug-likeness (QED) is 0.889. The van der Waals surface area contributed by atoms with E-state index in [1.54, 1.807) is 6.20 Å². The van der Waals surface area contributed by atoms with Crippen molar-refractivity contribution in [1.82, 2.24) is 10.3 Å². The van der Waals surface area contributed by atoms with E-state index in [-0.39, 0.29) is 0 Å². The molecule has 0 spiro atoms. The van der Waals surface area contributed by atoms with Crippen molar-refractivity contribution in [3.05, 3.63) is 11.1 Å². The summed E-state index contributed by atoms with van der Waals surface area (Å²) >= 11 is 1.37. The summed E-state index contributed by atoms with van der Waals surface area (Å²) < 4.78 is 25.9. The summed E-state index contributed by atoms with van der Waals surface area (Å²) in [6, 6.07) is -0.841. The molecule has 1 aliphatic rings. The SMILES string of the molecule is CC(C)c1cnc(NC(=O)C2CC(F)(F)CN2)s1. The van der Waals surface area contributed by atoms with Crippen LogP contribution in [0.3, 0.4) is 0 Å². The van der Waals surface area contributed by atoms with Gasteiger partial charge in [-0.05, 0) is 5.92 Å². The average Bonchev–Trinajstić information content (AvgIpc) is 2.84. The van der Waals surface area contributed by atoms with E-state index in [1.807, 2.05) is 13.8 Å². The van der Waals surface area contributed by atoms with Crippen molar-refractivity contribution in [2.24, 2.45) is 0 Å². The third-order valence-corrected chi connectivity index (χ3v) is 3.96. The Bertz CT molecular complexity index is 447. The van der Waals surface area contributed by atoms with Gasteiger partial charge in [0.1, 0.15) is 0 Å². The number of nitrogens with one attached hydrogen (secondary N) is 2. The predicted octanol–water partition coefficient (Wildman–Crippen LogP) is 2.20. The number of anilines is 1. The molecule has 2 N–H and O–H groups in total. The molecular formula is C11H15F2N3OS. The molecule has 1 amide bonds. The molecule has 1 aromatic rings. The summed E-state index contributed by atoms with van der Waals surface area (Å²) in [6.07, 6.45) is 1.24. The summed E-state index contributed by atoms with van der Waals surface area (Å²) in [4.78, 5) is 16.8. The van der Waals surface area contributed by atoms with Crippen LogP contribution < -0.4 is 10.6 Å². The number of aromatic nitrogens is 1. The first-order chi connectivity index (χ1) is 8.37. The summed E-state index contributed by atoms with van der Waals surface area (Å²) in [5.74, 6) is -2.91. The number of amides is 1. The first kappa shape index (κ1) is 13.4. The molecule has 1 unspecified atom stereocenters. The minimum absolute atomic E-state index is 0.335. The van der Waals surface area contributed by atoms with Gasteiger partial charge in [-0.1, -0.05) is 13.8 Å². The second-order valence-electron chi connectivity index (χ2n) is 4.71. The first-order valence-electron chi connectivity index (χ1n) is 5.75. The fraction of sp³-hybridized carbons (Fsp3) is 0.636. The second kappa shape index (κ2) is 4.89. The van der Waals surface area contributed by atoms with E-state index in [2.05, 4.69) is 15.6 Å². The molecule has 0 bridgehead atoms. The maximum Gasteiger partial charge on any atom is 0.262 e. The third-order valence-electron chi connectivity index (χ3n) is 2.75. The van der Waals surface area contributed by atoms with E-state index < -0.39 is 30.8 Å². The number of halogens is 2. The van der Waals surface area contributed by atoms with Crippen LogP contribution in [0.25, 0.3) is 0 Å². The first-order valence-corrected chi connectivity index (χ1v) is 6.57. The van der Waals surface area contributed by atoms with Crippen molar-refractivity contribution in [3.63, 3.8) is 0 Å². The topological polar surface area (TPSA) is 54.0 Å². The van der Waals surface area contributed by atoms with Gasteiger partial charge in [0.05, 0.1) is 12.6 Å². The van der Waals surface area contributed by atoms with E-state index in [9.17, 15) is 13.6 Å². The molecule has 100 valence electrons. The lowest BCUT2D eigenvalue weighted by Crippen LogP contribution is -2.35. The Labute approximate surface area is 108 Å². The summed E-state index contributed by atoms with van der Waals surface area (Å²) in [5.41, 5.74) is 0. The van der Waals surface area contributed by atoms with Gasteiger partial charge in [-0.2, -0.15) is 0 Å². The van der Waals surface area contributed by atoms with Crippen molar-refractivity contribution in [2.45, 2.75) is 38.2 Å². The van der Waals surface area contributed by atoms with E-state index in [1.165, 1.54) is 11.3 Å². The van der Waals surface area contributed by atoms with Crippen LogP contribution in [0.2, 0.25) is 0 Å². The van der Waals surface area contributed by atoms with Gasteiger partial charge in [-0.25, -0.2) is 13.8 Å². The molecule has 1 atom stereocenters. The van der Waals surface area contributed by atoms with Crippen LogP contribution in [0.1, 0.15) is 31.1 Å². The highest BCUT2D eigenvalue weighted by Gasteiger charge is 2.42. The number of nitrogens with zero attached hydrogens (tertiary/aromatic N) is 1. The van der Waals surface area contributed by atoms with Gasteiger partial charge >= 0.3 is 0 Å². The molecule has 2 heterocycles. The van der Waals surface area contributed by atoms with Gasteiger partial charge in [0.15, 0.2) is 5.13 Å². The molecule has 1 aliphatic heterocycles. The number of alkyl halides is 2. The van der Waals surface area contributed by atoms with Gasteiger partial charge in [-0.15, -0.1) is 11.3 Å². The van der Waals surface area contributed by atoms with Crippen LogP contribution in [0.5, 0.6) is 0 Å². The predicted molar refractivity (Wildman–Crippen MR) is 66.2 cm³/mol. The van der Waals surface area contributed by atoms with Crippen LogP contribution in [-0.2, 0) is 4.79 Å². The molecule has 0 saturated carbocycles. The molecule has 4 nitrogen and oxygen atoms in total. The highest BCUT2D eigenvalue weighted by Crippen LogP contribution is 2.28. The number of rotatable bonds is 3. The molecule has 1 saturated heterocycles. The van der Waals surface area contributed by atoms with E-state index in [4.69, 9.17) is 0 Å². The van der Waals surface area contributed by atoms with Crippen molar-refractivity contribution in [2.75, 3.05) is 11.9 Å². The minimum atomic E-state index is -2.80. The molecule has 1 aromatic heterocycles. The monoisotopic (exact) mass is 275 g/mol. The van der Waals surface area contributed by atoms with Gasteiger partial charge in [0.2, 0.25) is 5.91 Å². The smallest absolute Gasteiger partial charge is 0.262 e. The molecular weight excluding hydrogens is 260 g/mol. The van der Waals surface area contributed by atoms with Crippen molar-refractivity contribution in [1.29, 1.82) is 0 Å². The van der Waals surface area contributed by atoms with Crippen molar-refractivity contribution < 1.29 is 13.6 Å². The Hall–Kier alpha value is -1.08. The Morgan fingerprint density at radius 2 is 2.39 bits per heavy atom. The van der Waals surface area contributed by atoms with E-state index >= 15 is 0 Å². The van der Waals surface area contributed by atoms with Gasteiger partial charge in [0, 0.05) is 17.5 Å². The van der Waals surface area contributed by atoms with Crippen molar-refractivity contribution >= 4 is 22.4 Å². The van der Waals surface area contributed by atoms with Gasteiger partial charge in [0.25, 0.3) is 5.92 Å². The third kappa shape index (κ3) is 3.02.